The summed E-state index contributed by atoms with van der Waals surface area (Å²) in [6.45, 7) is 2.19. The average molecular weight is 495 g/mol. The molecule has 0 atom stereocenters. The van der Waals surface area contributed by atoms with E-state index < -0.39 is 0 Å². The van der Waals surface area contributed by atoms with Crippen LogP contribution in [-0.2, 0) is 0 Å². The van der Waals surface area contributed by atoms with Gasteiger partial charge in [0.1, 0.15) is 0 Å². The predicted molar refractivity (Wildman–Crippen MR) is 146 cm³/mol. The van der Waals surface area contributed by atoms with Gasteiger partial charge in [0.2, 0.25) is 0 Å². The number of thiazole rings is 1. The number of benzene rings is 3. The van der Waals surface area contributed by atoms with Crippen LogP contribution in [0.5, 0.6) is 0 Å². The lowest BCUT2D eigenvalue weighted by Crippen LogP contribution is -2.22. The zero-order chi connectivity index (χ0) is 23.8. The van der Waals surface area contributed by atoms with Gasteiger partial charge in [0.15, 0.2) is 4.96 Å². The second-order valence-electron chi connectivity index (χ2n) is 8.22. The van der Waals surface area contributed by atoms with Gasteiger partial charge in [-0.1, -0.05) is 60.7 Å². The Balaban J connectivity index is 1.50. The Morgan fingerprint density at radius 2 is 1.74 bits per heavy atom. The highest BCUT2D eigenvalue weighted by Crippen LogP contribution is 2.28. The molecule has 3 aromatic heterocycles. The van der Waals surface area contributed by atoms with E-state index in [4.69, 9.17) is 5.10 Å². The van der Waals surface area contributed by atoms with Gasteiger partial charge < -0.3 is 0 Å². The Morgan fingerprint density at radius 3 is 2.54 bits per heavy atom. The molecule has 0 aliphatic carbocycles. The normalized spacial score (nSPS) is 12.2. The van der Waals surface area contributed by atoms with Crippen molar-refractivity contribution in [2.24, 2.45) is 0 Å². The Morgan fingerprint density at radius 1 is 0.971 bits per heavy atom. The molecule has 0 aliphatic rings. The summed E-state index contributed by atoms with van der Waals surface area (Å²) >= 11 is 3.27. The highest BCUT2D eigenvalue weighted by Gasteiger charge is 2.14. The van der Waals surface area contributed by atoms with Crippen LogP contribution < -0.4 is 10.1 Å². The first-order valence-electron chi connectivity index (χ1n) is 11.5. The first kappa shape index (κ1) is 21.8. The average Bonchev–Trinajstić information content (AvgIpc) is 3.57. The van der Waals surface area contributed by atoms with Gasteiger partial charge >= 0.3 is 0 Å². The molecule has 0 amide bonds. The zero-order valence-electron chi connectivity index (χ0n) is 19.1. The van der Waals surface area contributed by atoms with Crippen molar-refractivity contribution in [3.63, 3.8) is 0 Å². The van der Waals surface area contributed by atoms with Gasteiger partial charge in [-0.15, -0.1) is 11.8 Å². The minimum Gasteiger partial charge on any atom is -0.267 e. The van der Waals surface area contributed by atoms with Crippen LogP contribution in [-0.4, -0.2) is 24.9 Å². The van der Waals surface area contributed by atoms with E-state index in [1.807, 2.05) is 83.3 Å². The van der Waals surface area contributed by atoms with Crippen LogP contribution >= 0.6 is 23.1 Å². The summed E-state index contributed by atoms with van der Waals surface area (Å²) in [6, 6.07) is 26.3. The fraction of sp³-hybridized carbons (Fsp3) is 0.107. The van der Waals surface area contributed by atoms with Crippen LogP contribution in [0.4, 0.5) is 0 Å². The number of fused-ring (bicyclic) bond motifs is 3. The van der Waals surface area contributed by atoms with E-state index in [1.165, 1.54) is 16.2 Å². The number of aromatic nitrogens is 4. The SMILES string of the molecule is CCCSc1ccc(-c2nn(-c3ccccc3)cc2C=c2sc3nc4ccccc4n3c2=O)cc1. The maximum absolute atomic E-state index is 13.3. The fourth-order valence-electron chi connectivity index (χ4n) is 4.11. The molecule has 0 spiro atoms. The number of rotatable bonds is 6. The third kappa shape index (κ3) is 4.07. The van der Waals surface area contributed by atoms with E-state index in [2.05, 4.69) is 36.2 Å². The second kappa shape index (κ2) is 9.17. The maximum Gasteiger partial charge on any atom is 0.274 e. The van der Waals surface area contributed by atoms with Crippen molar-refractivity contribution in [3.05, 3.63) is 106 Å². The van der Waals surface area contributed by atoms with Crippen LogP contribution in [0.1, 0.15) is 18.9 Å². The number of hydrogen-bond donors (Lipinski definition) is 0. The summed E-state index contributed by atoms with van der Waals surface area (Å²) in [6.07, 6.45) is 5.08. The van der Waals surface area contributed by atoms with Crippen LogP contribution in [0, 0.1) is 0 Å². The molecule has 0 aliphatic heterocycles. The van der Waals surface area contributed by atoms with E-state index >= 15 is 0 Å². The van der Waals surface area contributed by atoms with Crippen LogP contribution in [0.25, 0.3) is 39.0 Å². The molecule has 0 radical (unpaired) electrons. The van der Waals surface area contributed by atoms with E-state index in [9.17, 15) is 4.79 Å². The molecular weight excluding hydrogens is 472 g/mol. The number of para-hydroxylation sites is 3. The first-order valence-corrected chi connectivity index (χ1v) is 13.3. The Bertz CT molecular complexity index is 1750. The van der Waals surface area contributed by atoms with Crippen molar-refractivity contribution in [3.8, 4) is 16.9 Å². The zero-order valence-corrected chi connectivity index (χ0v) is 20.7. The number of thioether (sulfide) groups is 1. The van der Waals surface area contributed by atoms with Gasteiger partial charge in [0.05, 0.1) is 26.9 Å². The third-order valence-corrected chi connectivity index (χ3v) is 7.98. The predicted octanol–water partition coefficient (Wildman–Crippen LogP) is 5.81. The molecule has 3 heterocycles. The Hall–Kier alpha value is -3.68. The van der Waals surface area contributed by atoms with E-state index in [1.54, 1.807) is 4.40 Å². The molecule has 3 aromatic carbocycles. The lowest BCUT2D eigenvalue weighted by atomic mass is 10.1. The van der Waals surface area contributed by atoms with Crippen molar-refractivity contribution >= 4 is 45.2 Å². The molecule has 0 saturated carbocycles. The smallest absolute Gasteiger partial charge is 0.267 e. The van der Waals surface area contributed by atoms with Crippen LogP contribution in [0.15, 0.2) is 94.7 Å². The summed E-state index contributed by atoms with van der Waals surface area (Å²) in [5.41, 5.74) is 5.35. The highest BCUT2D eigenvalue weighted by atomic mass is 32.2. The fourth-order valence-corrected chi connectivity index (χ4v) is 5.86. The van der Waals surface area contributed by atoms with E-state index in [0.717, 1.165) is 45.7 Å². The van der Waals surface area contributed by atoms with Crippen molar-refractivity contribution in [2.45, 2.75) is 18.2 Å². The minimum absolute atomic E-state index is 0.0524. The van der Waals surface area contributed by atoms with Crippen LogP contribution in [0.2, 0.25) is 0 Å². The third-order valence-electron chi connectivity index (χ3n) is 5.80. The van der Waals surface area contributed by atoms with Crippen molar-refractivity contribution < 1.29 is 0 Å². The topological polar surface area (TPSA) is 52.2 Å². The van der Waals surface area contributed by atoms with E-state index in [0.29, 0.717) is 9.49 Å². The first-order chi connectivity index (χ1) is 17.2. The highest BCUT2D eigenvalue weighted by molar-refractivity contribution is 7.99. The summed E-state index contributed by atoms with van der Waals surface area (Å²) in [5, 5.41) is 4.92. The largest absolute Gasteiger partial charge is 0.274 e. The van der Waals surface area contributed by atoms with Gasteiger partial charge in [-0.25, -0.2) is 14.1 Å². The molecule has 7 heteroatoms. The van der Waals surface area contributed by atoms with Gasteiger partial charge in [0, 0.05) is 22.2 Å². The van der Waals surface area contributed by atoms with Crippen molar-refractivity contribution in [1.29, 1.82) is 0 Å². The molecule has 6 aromatic rings. The summed E-state index contributed by atoms with van der Waals surface area (Å²) in [4.78, 5) is 19.9. The molecule has 0 bridgehead atoms. The summed E-state index contributed by atoms with van der Waals surface area (Å²) < 4.78 is 4.22. The number of nitrogens with zero attached hydrogens (tertiary/aromatic N) is 4. The van der Waals surface area contributed by atoms with E-state index in [-0.39, 0.29) is 5.56 Å². The Labute approximate surface area is 210 Å². The molecule has 0 fully saturated rings. The van der Waals surface area contributed by atoms with Gasteiger partial charge in [-0.3, -0.25) is 4.79 Å². The summed E-state index contributed by atoms with van der Waals surface area (Å²) in [7, 11) is 0. The van der Waals surface area contributed by atoms with Gasteiger partial charge in [-0.05, 0) is 54.6 Å². The Kier molecular flexibility index (Phi) is 5.72. The molecule has 5 nitrogen and oxygen atoms in total. The summed E-state index contributed by atoms with van der Waals surface area (Å²) in [5.74, 6) is 1.10. The molecule has 6 rings (SSSR count). The standard InChI is InChI=1S/C28H22N4OS2/c1-2-16-34-22-14-12-19(13-15-22)26-20(18-31(30-26)21-8-4-3-5-9-21)17-25-27(33)32-24-11-7-6-10-23(24)29-28(32)35-25/h3-15,17-18H,2,16H2,1H3. The quantitative estimate of drug-likeness (QED) is 0.274. The molecule has 0 saturated heterocycles. The number of hydrogen-bond acceptors (Lipinski definition) is 5. The van der Waals surface area contributed by atoms with Crippen molar-refractivity contribution in [1.82, 2.24) is 19.2 Å². The van der Waals surface area contributed by atoms with Gasteiger partial charge in [-0.2, -0.15) is 5.10 Å². The van der Waals surface area contributed by atoms with Crippen LogP contribution in [0.3, 0.4) is 0 Å². The molecule has 0 N–H and O–H groups in total. The molecular formula is C28H22N4OS2. The lowest BCUT2D eigenvalue weighted by molar-refractivity contribution is 0.884. The maximum atomic E-state index is 13.3. The second-order valence-corrected chi connectivity index (χ2v) is 10.4. The lowest BCUT2D eigenvalue weighted by Gasteiger charge is -2.03. The monoisotopic (exact) mass is 494 g/mol. The molecule has 35 heavy (non-hydrogen) atoms. The molecule has 172 valence electrons. The minimum atomic E-state index is -0.0524. The number of imidazole rings is 1. The van der Waals surface area contributed by atoms with Gasteiger partial charge in [0.25, 0.3) is 5.56 Å². The molecule has 0 unspecified atom stereocenters. The van der Waals surface area contributed by atoms with Crippen molar-refractivity contribution in [2.75, 3.05) is 5.75 Å².